The second-order valence-electron chi connectivity index (χ2n) is 20.8. The second-order valence-corrected chi connectivity index (χ2v) is 20.8. The van der Waals surface area contributed by atoms with Gasteiger partial charge in [-0.25, -0.2) is 0 Å². The quantitative estimate of drug-likeness (QED) is 0.0427. The van der Waals surface area contributed by atoms with Crippen LogP contribution in [0.1, 0.15) is 20.8 Å². The third-order valence-electron chi connectivity index (χ3n) is 15.0. The van der Waals surface area contributed by atoms with Crippen LogP contribution >= 0.6 is 0 Å². The minimum absolute atomic E-state index is 0.907. The van der Waals surface area contributed by atoms with Crippen LogP contribution in [0.15, 0.2) is 0 Å². The van der Waals surface area contributed by atoms with Crippen molar-refractivity contribution in [3.8, 4) is 0 Å². The van der Waals surface area contributed by atoms with Crippen LogP contribution in [0.4, 0.5) is 0 Å². The molecular formula is C46H80N2O35. The molecule has 6 aliphatic heterocycles. The van der Waals surface area contributed by atoms with Gasteiger partial charge in [0.25, 0.3) is 0 Å². The highest BCUT2D eigenvalue weighted by atomic mass is 16.8. The van der Waals surface area contributed by atoms with Crippen LogP contribution in [0.3, 0.4) is 0 Å². The van der Waals surface area contributed by atoms with Gasteiger partial charge < -0.3 is 175 Å². The van der Waals surface area contributed by atoms with Crippen LogP contribution in [0.5, 0.6) is 0 Å². The zero-order valence-electron chi connectivity index (χ0n) is 44.7. The van der Waals surface area contributed by atoms with Gasteiger partial charge in [-0.1, -0.05) is 0 Å². The minimum atomic E-state index is -2.33. The maximum atomic E-state index is 13.1. The Hall–Kier alpha value is -2.38. The molecule has 6 aliphatic rings. The number of aliphatic hydroxyl groups excluding tert-OH is 21. The number of hydrogen-bond donors (Lipinski definition) is 23. The van der Waals surface area contributed by atoms with Crippen LogP contribution in [0, 0.1) is 0 Å². The Morgan fingerprint density at radius 2 is 0.759 bits per heavy atom. The molecule has 6 heterocycles. The van der Waals surface area contributed by atoms with Gasteiger partial charge >= 0.3 is 0 Å². The van der Waals surface area contributed by atoms with E-state index in [4.69, 9.17) is 56.8 Å². The summed E-state index contributed by atoms with van der Waals surface area (Å²) in [7, 11) is 0. The molecule has 0 saturated carbocycles. The van der Waals surface area contributed by atoms with Gasteiger partial charge in [-0.3, -0.25) is 9.59 Å². The highest BCUT2D eigenvalue weighted by molar-refractivity contribution is 5.73. The Kier molecular flexibility index (Phi) is 25.8. The number of rotatable bonds is 24. The van der Waals surface area contributed by atoms with Crippen LogP contribution < -0.4 is 10.6 Å². The zero-order valence-corrected chi connectivity index (χ0v) is 44.7. The monoisotopic (exact) mass is 1220 g/mol. The van der Waals surface area contributed by atoms with Crippen molar-refractivity contribution in [2.45, 2.75) is 229 Å². The average Bonchev–Trinajstić information content (AvgIpc) is 3.49. The molecular weight excluding hydrogens is 1140 g/mol. The Balaban J connectivity index is 1.29. The first kappa shape index (κ1) is 69.7. The number of amides is 2. The zero-order chi connectivity index (χ0) is 61.6. The third-order valence-corrected chi connectivity index (χ3v) is 15.0. The Bertz CT molecular complexity index is 1990. The summed E-state index contributed by atoms with van der Waals surface area (Å²) in [5.41, 5.74) is 0. The van der Waals surface area contributed by atoms with Gasteiger partial charge in [-0.05, 0) is 6.92 Å². The molecule has 6 fully saturated rings. The van der Waals surface area contributed by atoms with Crippen molar-refractivity contribution >= 4 is 11.8 Å². The van der Waals surface area contributed by atoms with Crippen LogP contribution in [-0.4, -0.2) is 374 Å². The van der Waals surface area contributed by atoms with Crippen molar-refractivity contribution in [1.29, 1.82) is 0 Å². The second kappa shape index (κ2) is 30.7. The van der Waals surface area contributed by atoms with E-state index < -0.39 is 267 Å². The summed E-state index contributed by atoms with van der Waals surface area (Å²) < 4.78 is 70.0. The number of aliphatic hydroxyl groups is 21. The molecule has 0 aromatic heterocycles. The molecule has 6 saturated heterocycles. The van der Waals surface area contributed by atoms with Gasteiger partial charge in [0.15, 0.2) is 37.7 Å². The molecule has 0 bridgehead atoms. The van der Waals surface area contributed by atoms with Gasteiger partial charge in [-0.15, -0.1) is 0 Å². The molecule has 83 heavy (non-hydrogen) atoms. The van der Waals surface area contributed by atoms with Crippen molar-refractivity contribution in [3.05, 3.63) is 0 Å². The Labute approximate surface area is 471 Å². The lowest BCUT2D eigenvalue weighted by Crippen LogP contribution is -2.71. The Morgan fingerprint density at radius 1 is 0.386 bits per heavy atom. The first-order chi connectivity index (χ1) is 39.2. The van der Waals surface area contributed by atoms with E-state index in [0.717, 1.165) is 13.8 Å². The van der Waals surface area contributed by atoms with Gasteiger partial charge in [0.2, 0.25) is 11.8 Å². The number of hydrogen-bond acceptors (Lipinski definition) is 35. The van der Waals surface area contributed by atoms with E-state index in [9.17, 15) is 117 Å². The summed E-state index contributed by atoms with van der Waals surface area (Å²) in [5, 5.41) is 229. The van der Waals surface area contributed by atoms with Crippen molar-refractivity contribution in [2.24, 2.45) is 0 Å². The first-order valence-electron chi connectivity index (χ1n) is 26.4. The Morgan fingerprint density at radius 3 is 1.25 bits per heavy atom. The van der Waals surface area contributed by atoms with Crippen LogP contribution in [0.25, 0.3) is 0 Å². The van der Waals surface area contributed by atoms with Crippen molar-refractivity contribution < 1.29 is 174 Å². The van der Waals surface area contributed by atoms with E-state index in [1.807, 2.05) is 0 Å². The van der Waals surface area contributed by atoms with Crippen molar-refractivity contribution in [2.75, 3.05) is 46.2 Å². The molecule has 37 nitrogen and oxygen atoms in total. The average molecular weight is 1220 g/mol. The number of nitrogens with one attached hydrogen (secondary N) is 2. The molecule has 0 radical (unpaired) electrons. The molecule has 0 spiro atoms. The number of carbonyl (C=O) groups is 2. The summed E-state index contributed by atoms with van der Waals surface area (Å²) in [6.07, 6.45) is -63.2. The van der Waals surface area contributed by atoms with E-state index in [0.29, 0.717) is 0 Å². The smallest absolute Gasteiger partial charge is 0.217 e. The van der Waals surface area contributed by atoms with Gasteiger partial charge in [0.1, 0.15) is 165 Å². The highest BCUT2D eigenvalue weighted by Crippen LogP contribution is 2.38. The van der Waals surface area contributed by atoms with Crippen molar-refractivity contribution in [3.63, 3.8) is 0 Å². The summed E-state index contributed by atoms with van der Waals surface area (Å²) >= 11 is 0. The lowest BCUT2D eigenvalue weighted by atomic mass is 9.93. The predicted octanol–water partition coefficient (Wildman–Crippen LogP) is -15.3. The lowest BCUT2D eigenvalue weighted by Gasteiger charge is -2.52. The lowest BCUT2D eigenvalue weighted by molar-refractivity contribution is -0.392. The first-order valence-corrected chi connectivity index (χ1v) is 26.4. The molecule has 34 atom stereocenters. The summed E-state index contributed by atoms with van der Waals surface area (Å²) in [5.74, 6) is -1.82. The summed E-state index contributed by atoms with van der Waals surface area (Å²) in [6.45, 7) is -4.28. The molecule has 6 rings (SSSR count). The normalized spacial score (nSPS) is 46.8. The van der Waals surface area contributed by atoms with E-state index >= 15 is 0 Å². The topological polar surface area (TPSA) is 594 Å². The third kappa shape index (κ3) is 15.6. The maximum Gasteiger partial charge on any atom is 0.217 e. The predicted molar refractivity (Wildman–Crippen MR) is 256 cm³/mol. The van der Waals surface area contributed by atoms with Gasteiger partial charge in [0.05, 0.1) is 52.4 Å². The molecule has 23 N–H and O–H groups in total. The fourth-order valence-electron chi connectivity index (χ4n) is 10.3. The number of ether oxygens (including phenoxy) is 12. The molecule has 0 aromatic rings. The molecule has 2 amide bonds. The summed E-state index contributed by atoms with van der Waals surface area (Å²) in [6, 6.07) is -3.75. The van der Waals surface area contributed by atoms with Crippen LogP contribution in [-0.2, 0) is 66.4 Å². The van der Waals surface area contributed by atoms with E-state index in [1.165, 1.54) is 6.92 Å². The van der Waals surface area contributed by atoms with E-state index in [-0.39, 0.29) is 0 Å². The van der Waals surface area contributed by atoms with E-state index in [2.05, 4.69) is 10.6 Å². The molecule has 0 unspecified atom stereocenters. The minimum Gasteiger partial charge on any atom is -0.394 e. The SMILES string of the molecule is CC(=O)N[C@H]1[C@H](O[C@H]2[C@@H](O)[C@@H](CO)O[C@@H](O[C@@H]([C@H](O)[C@@H](O)CO)[C@H](O)CO)[C@@H]2O)O[C@H](CO)[C@@H](O[C@@H]2O[C@H](CO)[C@H](O)[C@H](O[C@@H]3O[C@H](CO)[C@@H](O[C@@H]4O[C@@H](C)[C@@H](O)[C@@H](O)[C@@H]4O)[C@H](O[C@@H]4O[C@H](CO)[C@H](O)[C@H](O)[C@H]4O)[C@H]3NC(C)=O)[C@H]2O)[C@@H]1O. The van der Waals surface area contributed by atoms with Gasteiger partial charge in [0, 0.05) is 13.8 Å². The van der Waals surface area contributed by atoms with E-state index in [1.54, 1.807) is 0 Å². The standard InChI is InChI=1S/C46H80N2O35/c1-11-23(60)29(66)31(68)43(72-11)80-37-20(10-55)77-42(22(48-13(3)57)38(37)81-44-32(69)30(67)25(62)16(6-51)73-44)83-40-27(64)18(8-53)75-46(34(40)71)79-36-19(9-54)76-41(21(28(36)65)47-12(2)56)82-39-26(63)17(7-52)74-45(33(39)70)78-35(15(59)5-50)24(61)14(58)4-49/h11,14-46,49-55,58-71H,4-10H2,1-3H3,(H,47,56)(H,48,57)/t11-,14-,15+,16+,17+,18+,19+,20+,21+,22+,23+,24+,25-,26-,27-,28+,29+,30-,31-,32+,33+,34+,35+,36+,37+,38+,39-,40-,41-,42-,43-,44-,45-,46-/m0/s1. The molecule has 484 valence electrons. The highest BCUT2D eigenvalue weighted by Gasteiger charge is 2.59. The van der Waals surface area contributed by atoms with Crippen molar-refractivity contribution in [1.82, 2.24) is 10.6 Å². The fourth-order valence-corrected chi connectivity index (χ4v) is 10.3. The molecule has 37 heteroatoms. The van der Waals surface area contributed by atoms with Crippen LogP contribution in [0.2, 0.25) is 0 Å². The molecule has 0 aromatic carbocycles. The number of carbonyl (C=O) groups excluding carboxylic acids is 2. The maximum absolute atomic E-state index is 13.1. The summed E-state index contributed by atoms with van der Waals surface area (Å²) in [4.78, 5) is 25.8. The molecule has 0 aliphatic carbocycles. The van der Waals surface area contributed by atoms with Gasteiger partial charge in [-0.2, -0.15) is 0 Å². The fraction of sp³-hybridized carbons (Fsp3) is 0.957. The largest absolute Gasteiger partial charge is 0.394 e.